The summed E-state index contributed by atoms with van der Waals surface area (Å²) in [4.78, 5) is 2.37. The van der Waals surface area contributed by atoms with E-state index in [0.717, 1.165) is 24.3 Å². The molecule has 0 spiro atoms. The smallest absolute Gasteiger partial charge is 0.123 e. The molecule has 0 radical (unpaired) electrons. The van der Waals surface area contributed by atoms with Gasteiger partial charge in [0.05, 0.1) is 0 Å². The summed E-state index contributed by atoms with van der Waals surface area (Å²) < 4.78 is 13.2. The van der Waals surface area contributed by atoms with Crippen molar-refractivity contribution in [3.05, 3.63) is 29.6 Å². The minimum atomic E-state index is -0.203. The Morgan fingerprint density at radius 2 is 2.06 bits per heavy atom. The maximum absolute atomic E-state index is 13.2. The van der Waals surface area contributed by atoms with Gasteiger partial charge in [0.2, 0.25) is 0 Å². The van der Waals surface area contributed by atoms with E-state index in [9.17, 15) is 4.39 Å². The Bertz CT molecular complexity index is 415. The fourth-order valence-electron chi connectivity index (χ4n) is 2.94. The van der Waals surface area contributed by atoms with E-state index in [4.69, 9.17) is 11.6 Å². The molecule has 1 aliphatic heterocycles. The molecule has 0 N–H and O–H groups in total. The van der Waals surface area contributed by atoms with Gasteiger partial charge < -0.3 is 4.90 Å². The Morgan fingerprint density at radius 1 is 1.33 bits per heavy atom. The van der Waals surface area contributed by atoms with Crippen LogP contribution in [-0.4, -0.2) is 13.1 Å². The van der Waals surface area contributed by atoms with Crippen molar-refractivity contribution in [1.29, 1.82) is 0 Å². The van der Waals surface area contributed by atoms with Crippen LogP contribution in [0.15, 0.2) is 18.2 Å². The third-order valence-corrected chi connectivity index (χ3v) is 4.75. The van der Waals surface area contributed by atoms with E-state index in [2.05, 4.69) is 18.7 Å². The van der Waals surface area contributed by atoms with Crippen molar-refractivity contribution in [2.24, 2.45) is 5.41 Å². The topological polar surface area (TPSA) is 3.24 Å². The lowest BCUT2D eigenvalue weighted by Crippen LogP contribution is -2.26. The van der Waals surface area contributed by atoms with Gasteiger partial charge in [0, 0.05) is 24.7 Å². The largest absolute Gasteiger partial charge is 0.371 e. The molecule has 0 aromatic heterocycles. The molecule has 1 nitrogen and oxygen atoms in total. The van der Waals surface area contributed by atoms with Gasteiger partial charge in [0.15, 0.2) is 0 Å². The zero-order valence-electron chi connectivity index (χ0n) is 11.2. The Balaban J connectivity index is 2.24. The molecule has 1 heterocycles. The van der Waals surface area contributed by atoms with Gasteiger partial charge in [-0.2, -0.15) is 0 Å². The zero-order valence-corrected chi connectivity index (χ0v) is 11.9. The maximum Gasteiger partial charge on any atom is 0.123 e. The highest BCUT2D eigenvalue weighted by molar-refractivity contribution is 6.17. The SMILES string of the molecule is CCC1(CC)CCN(c2ccc(F)cc2CCl)C1. The highest BCUT2D eigenvalue weighted by Gasteiger charge is 2.35. The number of rotatable bonds is 4. The van der Waals surface area contributed by atoms with Crippen molar-refractivity contribution < 1.29 is 4.39 Å². The first-order valence-electron chi connectivity index (χ1n) is 6.73. The van der Waals surface area contributed by atoms with Crippen LogP contribution in [-0.2, 0) is 5.88 Å². The summed E-state index contributed by atoms with van der Waals surface area (Å²) in [5.74, 6) is 0.167. The number of hydrogen-bond donors (Lipinski definition) is 0. The summed E-state index contributed by atoms with van der Waals surface area (Å²) >= 11 is 5.93. The Kier molecular flexibility index (Phi) is 4.16. The highest BCUT2D eigenvalue weighted by atomic mass is 35.5. The lowest BCUT2D eigenvalue weighted by Gasteiger charge is -2.28. The fraction of sp³-hybridized carbons (Fsp3) is 0.600. The lowest BCUT2D eigenvalue weighted by atomic mass is 9.82. The summed E-state index contributed by atoms with van der Waals surface area (Å²) in [5, 5.41) is 0. The van der Waals surface area contributed by atoms with Crippen molar-refractivity contribution in [3.63, 3.8) is 0 Å². The fourth-order valence-corrected chi connectivity index (χ4v) is 3.15. The van der Waals surface area contributed by atoms with Crippen molar-refractivity contribution >= 4 is 17.3 Å². The minimum absolute atomic E-state index is 0.203. The van der Waals surface area contributed by atoms with Crippen LogP contribution in [0.1, 0.15) is 38.7 Å². The van der Waals surface area contributed by atoms with Crippen LogP contribution in [0.2, 0.25) is 0 Å². The molecule has 1 aromatic rings. The average molecular weight is 270 g/mol. The molecular weight excluding hydrogens is 249 g/mol. The van der Waals surface area contributed by atoms with Crippen LogP contribution in [0, 0.1) is 11.2 Å². The maximum atomic E-state index is 13.2. The second-order valence-electron chi connectivity index (χ2n) is 5.29. The van der Waals surface area contributed by atoms with E-state index >= 15 is 0 Å². The number of anilines is 1. The monoisotopic (exact) mass is 269 g/mol. The molecule has 0 atom stereocenters. The number of nitrogens with zero attached hydrogens (tertiary/aromatic N) is 1. The van der Waals surface area contributed by atoms with E-state index in [0.29, 0.717) is 11.3 Å². The van der Waals surface area contributed by atoms with Gasteiger partial charge in [0.25, 0.3) is 0 Å². The van der Waals surface area contributed by atoms with Crippen LogP contribution < -0.4 is 4.90 Å². The average Bonchev–Trinajstić information content (AvgIpc) is 2.83. The molecule has 1 aliphatic rings. The zero-order chi connectivity index (χ0) is 13.2. The quantitative estimate of drug-likeness (QED) is 0.723. The number of alkyl halides is 1. The highest BCUT2D eigenvalue weighted by Crippen LogP contribution is 2.40. The summed E-state index contributed by atoms with van der Waals surface area (Å²) in [7, 11) is 0. The molecule has 0 amide bonds. The van der Waals surface area contributed by atoms with Crippen LogP contribution in [0.4, 0.5) is 10.1 Å². The predicted octanol–water partition coefficient (Wildman–Crippen LogP) is 4.58. The number of benzene rings is 1. The van der Waals surface area contributed by atoms with Crippen LogP contribution >= 0.6 is 11.6 Å². The normalized spacial score (nSPS) is 18.3. The predicted molar refractivity (Wildman–Crippen MR) is 75.8 cm³/mol. The molecule has 1 aromatic carbocycles. The van der Waals surface area contributed by atoms with Crippen LogP contribution in [0.3, 0.4) is 0 Å². The van der Waals surface area contributed by atoms with Gasteiger partial charge in [-0.3, -0.25) is 0 Å². The lowest BCUT2D eigenvalue weighted by molar-refractivity contribution is 0.301. The molecular formula is C15H21ClFN. The van der Waals surface area contributed by atoms with E-state index in [1.807, 2.05) is 6.07 Å². The number of halogens is 2. The minimum Gasteiger partial charge on any atom is -0.371 e. The third-order valence-electron chi connectivity index (χ3n) is 4.46. The van der Waals surface area contributed by atoms with E-state index < -0.39 is 0 Å². The van der Waals surface area contributed by atoms with Crippen molar-refractivity contribution in [2.75, 3.05) is 18.0 Å². The summed E-state index contributed by atoms with van der Waals surface area (Å²) in [6.07, 6.45) is 3.63. The van der Waals surface area contributed by atoms with Gasteiger partial charge in [-0.1, -0.05) is 13.8 Å². The Morgan fingerprint density at radius 3 is 2.61 bits per heavy atom. The summed E-state index contributed by atoms with van der Waals surface area (Å²) in [6.45, 7) is 6.65. The van der Waals surface area contributed by atoms with Crippen molar-refractivity contribution in [3.8, 4) is 0 Å². The second kappa shape index (κ2) is 5.48. The van der Waals surface area contributed by atoms with Gasteiger partial charge in [-0.25, -0.2) is 4.39 Å². The van der Waals surface area contributed by atoms with Crippen molar-refractivity contribution in [1.82, 2.24) is 0 Å². The van der Waals surface area contributed by atoms with Gasteiger partial charge in [-0.05, 0) is 48.4 Å². The van der Waals surface area contributed by atoms with E-state index in [1.54, 1.807) is 6.07 Å². The van der Waals surface area contributed by atoms with Gasteiger partial charge in [0.1, 0.15) is 5.82 Å². The molecule has 3 heteroatoms. The van der Waals surface area contributed by atoms with Crippen LogP contribution in [0.25, 0.3) is 0 Å². The first-order chi connectivity index (χ1) is 8.64. The molecule has 1 saturated heterocycles. The number of hydrogen-bond acceptors (Lipinski definition) is 1. The van der Waals surface area contributed by atoms with Gasteiger partial charge in [-0.15, -0.1) is 11.6 Å². The molecule has 0 unspecified atom stereocenters. The molecule has 0 saturated carbocycles. The molecule has 100 valence electrons. The Hall–Kier alpha value is -0.760. The Labute approximate surface area is 114 Å². The molecule has 0 aliphatic carbocycles. The van der Waals surface area contributed by atoms with E-state index in [-0.39, 0.29) is 5.82 Å². The standard InChI is InChI=1S/C15H21ClFN/c1-3-15(4-2)7-8-18(11-15)14-6-5-13(17)9-12(14)10-16/h5-6,9H,3-4,7-8,10-11H2,1-2H3. The van der Waals surface area contributed by atoms with Crippen molar-refractivity contribution in [2.45, 2.75) is 39.0 Å². The molecule has 1 fully saturated rings. The second-order valence-corrected chi connectivity index (χ2v) is 5.55. The molecule has 2 rings (SSSR count). The molecule has 0 bridgehead atoms. The summed E-state index contributed by atoms with van der Waals surface area (Å²) in [5.41, 5.74) is 2.44. The van der Waals surface area contributed by atoms with Gasteiger partial charge >= 0.3 is 0 Å². The first kappa shape index (κ1) is 13.7. The molecule has 18 heavy (non-hydrogen) atoms. The van der Waals surface area contributed by atoms with Crippen LogP contribution in [0.5, 0.6) is 0 Å². The summed E-state index contributed by atoms with van der Waals surface area (Å²) in [6, 6.07) is 4.96. The first-order valence-corrected chi connectivity index (χ1v) is 7.27. The van der Waals surface area contributed by atoms with E-state index in [1.165, 1.54) is 25.3 Å². The third kappa shape index (κ3) is 2.49.